The van der Waals surface area contributed by atoms with Crippen molar-refractivity contribution in [2.45, 2.75) is 77.0 Å². The van der Waals surface area contributed by atoms with Crippen LogP contribution in [-0.2, 0) is 25.5 Å². The van der Waals surface area contributed by atoms with Gasteiger partial charge in [0, 0.05) is 0 Å². The molecule has 1 fully saturated rings. The minimum Gasteiger partial charge on any atom is -0.460 e. The van der Waals surface area contributed by atoms with Crippen LogP contribution in [0.4, 0.5) is 4.79 Å². The van der Waals surface area contributed by atoms with Crippen LogP contribution in [0.3, 0.4) is 0 Å². The Kier molecular flexibility index (Phi) is 7.39. The number of nitrogens with one attached hydrogen (secondary N) is 1. The highest BCUT2D eigenvalue weighted by atomic mass is 16.6. The highest BCUT2D eigenvalue weighted by Crippen LogP contribution is 2.21. The van der Waals surface area contributed by atoms with Crippen LogP contribution in [0, 0.1) is 0 Å². The average molecular weight is 375 g/mol. The number of hydrogen-bond acceptors (Lipinski definition) is 5. The van der Waals surface area contributed by atoms with Crippen LogP contribution in [0.5, 0.6) is 0 Å². The Bertz CT molecular complexity index is 644. The zero-order valence-corrected chi connectivity index (χ0v) is 16.3. The number of benzene rings is 1. The van der Waals surface area contributed by atoms with Crippen LogP contribution in [0.2, 0.25) is 0 Å². The fourth-order valence-electron chi connectivity index (χ4n) is 3.07. The van der Waals surface area contributed by atoms with Gasteiger partial charge in [-0.2, -0.15) is 0 Å². The van der Waals surface area contributed by atoms with Crippen molar-refractivity contribution in [3.63, 3.8) is 0 Å². The lowest BCUT2D eigenvalue weighted by molar-refractivity contribution is -0.156. The zero-order valence-electron chi connectivity index (χ0n) is 16.3. The first-order valence-electron chi connectivity index (χ1n) is 9.48. The molecule has 0 unspecified atom stereocenters. The largest absolute Gasteiger partial charge is 0.460 e. The molecular weight excluding hydrogens is 346 g/mol. The highest BCUT2D eigenvalue weighted by Gasteiger charge is 2.28. The fraction of sp³-hybridized carbons (Fsp3) is 0.571. The van der Waals surface area contributed by atoms with Crippen molar-refractivity contribution in [3.8, 4) is 0 Å². The number of rotatable bonds is 7. The van der Waals surface area contributed by atoms with Gasteiger partial charge in [0.15, 0.2) is 5.78 Å². The zero-order chi connectivity index (χ0) is 19.9. The third-order valence-corrected chi connectivity index (χ3v) is 4.28. The summed E-state index contributed by atoms with van der Waals surface area (Å²) in [5, 5.41) is 2.64. The maximum Gasteiger partial charge on any atom is 0.408 e. The normalized spacial score (nSPS) is 15.8. The van der Waals surface area contributed by atoms with Crippen LogP contribution in [0.25, 0.3) is 0 Å². The number of esters is 1. The third-order valence-electron chi connectivity index (χ3n) is 4.28. The Labute approximate surface area is 160 Å². The molecule has 148 valence electrons. The Morgan fingerprint density at radius 1 is 1.11 bits per heavy atom. The number of carbonyl (C=O) groups is 3. The molecule has 1 N–H and O–H groups in total. The second-order valence-corrected chi connectivity index (χ2v) is 7.93. The smallest absolute Gasteiger partial charge is 0.408 e. The Hall–Kier alpha value is -2.37. The molecular formula is C21H29NO5. The van der Waals surface area contributed by atoms with Crippen molar-refractivity contribution >= 4 is 17.8 Å². The van der Waals surface area contributed by atoms with Gasteiger partial charge in [-0.1, -0.05) is 30.3 Å². The molecule has 0 heterocycles. The Balaban J connectivity index is 2.00. The molecule has 0 aromatic heterocycles. The summed E-state index contributed by atoms with van der Waals surface area (Å²) in [6.07, 6.45) is 2.99. The maximum absolute atomic E-state index is 12.6. The van der Waals surface area contributed by atoms with E-state index >= 15 is 0 Å². The summed E-state index contributed by atoms with van der Waals surface area (Å²) in [5.74, 6) is -0.993. The molecule has 2 rings (SSSR count). The SMILES string of the molecule is CC(C)(C)OC(=O)CC(=O)[C@H](Cc1ccccc1)NC(=O)OC1CCCC1. The van der Waals surface area contributed by atoms with Gasteiger partial charge in [-0.3, -0.25) is 9.59 Å². The molecule has 1 amide bonds. The van der Waals surface area contributed by atoms with Crippen molar-refractivity contribution in [3.05, 3.63) is 35.9 Å². The summed E-state index contributed by atoms with van der Waals surface area (Å²) >= 11 is 0. The van der Waals surface area contributed by atoms with Crippen LogP contribution < -0.4 is 5.32 Å². The number of alkyl carbamates (subject to hydrolysis) is 1. The minimum absolute atomic E-state index is 0.0941. The monoisotopic (exact) mass is 375 g/mol. The van der Waals surface area contributed by atoms with Crippen LogP contribution >= 0.6 is 0 Å². The molecule has 6 heteroatoms. The van der Waals surface area contributed by atoms with Gasteiger partial charge < -0.3 is 14.8 Å². The van der Waals surface area contributed by atoms with E-state index in [0.29, 0.717) is 6.42 Å². The number of hydrogen-bond donors (Lipinski definition) is 1. The maximum atomic E-state index is 12.6. The van der Waals surface area contributed by atoms with E-state index in [-0.39, 0.29) is 6.10 Å². The van der Waals surface area contributed by atoms with E-state index in [4.69, 9.17) is 9.47 Å². The van der Waals surface area contributed by atoms with Crippen molar-refractivity contribution in [1.29, 1.82) is 0 Å². The number of ether oxygens (including phenoxy) is 2. The van der Waals surface area contributed by atoms with E-state index < -0.39 is 35.9 Å². The van der Waals surface area contributed by atoms with E-state index in [1.807, 2.05) is 30.3 Å². The predicted octanol–water partition coefficient (Wildman–Crippen LogP) is 3.57. The lowest BCUT2D eigenvalue weighted by Crippen LogP contribution is -2.44. The van der Waals surface area contributed by atoms with Gasteiger partial charge in [-0.05, 0) is 58.4 Å². The summed E-state index contributed by atoms with van der Waals surface area (Å²) in [7, 11) is 0. The fourth-order valence-corrected chi connectivity index (χ4v) is 3.07. The molecule has 0 radical (unpaired) electrons. The lowest BCUT2D eigenvalue weighted by Gasteiger charge is -2.22. The molecule has 27 heavy (non-hydrogen) atoms. The molecule has 1 atom stereocenters. The standard InChI is InChI=1S/C21H29NO5/c1-21(2,3)27-19(24)14-18(23)17(13-15-9-5-4-6-10-15)22-20(25)26-16-11-7-8-12-16/h4-6,9-10,16-17H,7-8,11-14H2,1-3H3,(H,22,25)/t17-/m0/s1. The first-order valence-corrected chi connectivity index (χ1v) is 9.48. The second-order valence-electron chi connectivity index (χ2n) is 7.93. The van der Waals surface area contributed by atoms with Crippen molar-refractivity contribution in [1.82, 2.24) is 5.32 Å². The quantitative estimate of drug-likeness (QED) is 0.582. The number of carbonyl (C=O) groups excluding carboxylic acids is 3. The Morgan fingerprint density at radius 3 is 2.33 bits per heavy atom. The van der Waals surface area contributed by atoms with Crippen LogP contribution in [0.15, 0.2) is 30.3 Å². The average Bonchev–Trinajstić information content (AvgIpc) is 3.06. The van der Waals surface area contributed by atoms with Gasteiger partial charge in [0.25, 0.3) is 0 Å². The van der Waals surface area contributed by atoms with Gasteiger partial charge in [0.05, 0.1) is 6.04 Å². The van der Waals surface area contributed by atoms with E-state index in [0.717, 1.165) is 31.2 Å². The van der Waals surface area contributed by atoms with Crippen LogP contribution in [0.1, 0.15) is 58.4 Å². The lowest BCUT2D eigenvalue weighted by atomic mass is 10.0. The van der Waals surface area contributed by atoms with Gasteiger partial charge in [0.2, 0.25) is 0 Å². The second kappa shape index (κ2) is 9.53. The summed E-state index contributed by atoms with van der Waals surface area (Å²) in [6, 6.07) is 8.51. The highest BCUT2D eigenvalue weighted by molar-refractivity contribution is 5.99. The van der Waals surface area contributed by atoms with E-state index in [2.05, 4.69) is 5.32 Å². The van der Waals surface area contributed by atoms with E-state index in [1.165, 1.54) is 0 Å². The van der Waals surface area contributed by atoms with Crippen molar-refractivity contribution in [2.75, 3.05) is 0 Å². The van der Waals surface area contributed by atoms with Crippen molar-refractivity contribution < 1.29 is 23.9 Å². The van der Waals surface area contributed by atoms with Gasteiger partial charge >= 0.3 is 12.1 Å². The molecule has 0 saturated heterocycles. The number of ketones is 1. The first-order chi connectivity index (χ1) is 12.7. The van der Waals surface area contributed by atoms with E-state index in [9.17, 15) is 14.4 Å². The predicted molar refractivity (Wildman–Crippen MR) is 101 cm³/mol. The Morgan fingerprint density at radius 2 is 1.74 bits per heavy atom. The van der Waals surface area contributed by atoms with E-state index in [1.54, 1.807) is 20.8 Å². The summed E-state index contributed by atoms with van der Waals surface area (Å²) in [6.45, 7) is 5.23. The topological polar surface area (TPSA) is 81.7 Å². The summed E-state index contributed by atoms with van der Waals surface area (Å²) in [5.41, 5.74) is 0.224. The molecule has 1 aromatic rings. The molecule has 0 bridgehead atoms. The van der Waals surface area contributed by atoms with Crippen LogP contribution in [-0.4, -0.2) is 35.6 Å². The van der Waals surface area contributed by atoms with Gasteiger partial charge in [-0.25, -0.2) is 4.79 Å². The molecule has 6 nitrogen and oxygen atoms in total. The third kappa shape index (κ3) is 7.81. The van der Waals surface area contributed by atoms with Crippen molar-refractivity contribution in [2.24, 2.45) is 0 Å². The molecule has 1 saturated carbocycles. The minimum atomic E-state index is -0.839. The van der Waals surface area contributed by atoms with Gasteiger partial charge in [-0.15, -0.1) is 0 Å². The molecule has 1 aromatic carbocycles. The molecule has 0 spiro atoms. The number of Topliss-reactive ketones (excluding diaryl/α,β-unsaturated/α-hetero) is 1. The number of amides is 1. The molecule has 1 aliphatic rings. The summed E-state index contributed by atoms with van der Waals surface area (Å²) < 4.78 is 10.6. The molecule has 1 aliphatic carbocycles. The molecule has 0 aliphatic heterocycles. The summed E-state index contributed by atoms with van der Waals surface area (Å²) in [4.78, 5) is 36.9. The first kappa shape index (κ1) is 20.9. The van der Waals surface area contributed by atoms with Gasteiger partial charge in [0.1, 0.15) is 18.1 Å².